The Kier molecular flexibility index (Phi) is 13.0. The van der Waals surface area contributed by atoms with Crippen LogP contribution in [0.2, 0.25) is 0 Å². The average molecular weight is 408 g/mol. The molecule has 3 atom stereocenters. The zero-order valence-electron chi connectivity index (χ0n) is 17.5. The zero-order valence-corrected chi connectivity index (χ0v) is 18.3. The predicted octanol–water partition coefficient (Wildman–Crippen LogP) is 1.95. The van der Waals surface area contributed by atoms with E-state index in [0.717, 1.165) is 6.42 Å². The van der Waals surface area contributed by atoms with Gasteiger partial charge in [0, 0.05) is 28.9 Å². The number of amides is 1. The minimum absolute atomic E-state index is 0.0108. The van der Waals surface area contributed by atoms with Crippen molar-refractivity contribution in [3.05, 3.63) is 0 Å². The maximum Gasteiger partial charge on any atom is 0.306 e. The minimum Gasteiger partial charge on any atom is -0.463 e. The van der Waals surface area contributed by atoms with E-state index in [1.807, 2.05) is 41.5 Å². The fourth-order valence-electron chi connectivity index (χ4n) is 1.83. The van der Waals surface area contributed by atoms with Crippen LogP contribution in [0.3, 0.4) is 0 Å². The molecule has 0 rings (SSSR count). The molecule has 0 heterocycles. The van der Waals surface area contributed by atoms with Crippen LogP contribution in [0.1, 0.15) is 54.4 Å². The fraction of sp³-hybridized carbons (Fsp3) is 0.895. The Morgan fingerprint density at radius 2 is 1.78 bits per heavy atom. The van der Waals surface area contributed by atoms with Gasteiger partial charge in [-0.15, -0.1) is 0 Å². The largest absolute Gasteiger partial charge is 0.463 e. The van der Waals surface area contributed by atoms with Crippen molar-refractivity contribution in [2.45, 2.75) is 72.8 Å². The standard InChI is InChI=1S/C19H37NO6S/c1-7-19(5,6)18(24)26-11-15(21)10-25-16(22)8-9-27-12-14(4)17(23)20-13(2)3/h13-15,18,21,24H,7-12H2,1-6H3,(H,20,23). The molecule has 0 aliphatic carbocycles. The second-order valence-corrected chi connectivity index (χ2v) is 8.90. The highest BCUT2D eigenvalue weighted by atomic mass is 32.2. The summed E-state index contributed by atoms with van der Waals surface area (Å²) in [7, 11) is 0. The van der Waals surface area contributed by atoms with E-state index in [4.69, 9.17) is 9.47 Å². The number of ether oxygens (including phenoxy) is 2. The fourth-order valence-corrected chi connectivity index (χ4v) is 2.81. The molecule has 0 saturated carbocycles. The van der Waals surface area contributed by atoms with Gasteiger partial charge in [0.05, 0.1) is 13.0 Å². The summed E-state index contributed by atoms with van der Waals surface area (Å²) in [5.41, 5.74) is -0.406. The van der Waals surface area contributed by atoms with E-state index in [2.05, 4.69) is 5.32 Å². The van der Waals surface area contributed by atoms with E-state index < -0.39 is 23.8 Å². The van der Waals surface area contributed by atoms with Crippen LogP contribution in [0.15, 0.2) is 0 Å². The molecular weight excluding hydrogens is 370 g/mol. The molecule has 0 aliphatic heterocycles. The Morgan fingerprint density at radius 1 is 1.15 bits per heavy atom. The molecule has 8 heteroatoms. The smallest absolute Gasteiger partial charge is 0.306 e. The summed E-state index contributed by atoms with van der Waals surface area (Å²) in [5, 5.41) is 22.6. The molecule has 160 valence electrons. The lowest BCUT2D eigenvalue weighted by Gasteiger charge is -2.29. The summed E-state index contributed by atoms with van der Waals surface area (Å²) in [6.07, 6.45) is -1.03. The Hall–Kier alpha value is -0.830. The Labute approximate surface area is 167 Å². The van der Waals surface area contributed by atoms with Crippen molar-refractivity contribution in [1.82, 2.24) is 5.32 Å². The van der Waals surface area contributed by atoms with Crippen LogP contribution >= 0.6 is 11.8 Å². The van der Waals surface area contributed by atoms with E-state index in [9.17, 15) is 19.8 Å². The molecule has 0 spiro atoms. The first-order valence-corrected chi connectivity index (χ1v) is 10.7. The molecule has 3 N–H and O–H groups in total. The van der Waals surface area contributed by atoms with Crippen LogP contribution in [0.5, 0.6) is 0 Å². The molecule has 0 aromatic heterocycles. The summed E-state index contributed by atoms with van der Waals surface area (Å²) in [4.78, 5) is 23.5. The van der Waals surface area contributed by atoms with Gasteiger partial charge in [0.2, 0.25) is 5.91 Å². The first-order valence-electron chi connectivity index (χ1n) is 9.51. The number of carbonyl (C=O) groups is 2. The topological polar surface area (TPSA) is 105 Å². The molecule has 0 bridgehead atoms. The lowest BCUT2D eigenvalue weighted by molar-refractivity contribution is -0.184. The Balaban J connectivity index is 3.86. The molecule has 0 aliphatic rings. The number of aliphatic hydroxyl groups is 2. The van der Waals surface area contributed by atoms with Crippen LogP contribution < -0.4 is 5.32 Å². The summed E-state index contributed by atoms with van der Waals surface area (Å²) in [6, 6.07) is 0.115. The van der Waals surface area contributed by atoms with Gasteiger partial charge in [-0.05, 0) is 20.3 Å². The predicted molar refractivity (Wildman–Crippen MR) is 107 cm³/mol. The van der Waals surface area contributed by atoms with Crippen LogP contribution in [-0.2, 0) is 19.1 Å². The number of hydrogen-bond acceptors (Lipinski definition) is 7. The highest BCUT2D eigenvalue weighted by Gasteiger charge is 2.27. The molecule has 0 saturated heterocycles. The van der Waals surface area contributed by atoms with Crippen molar-refractivity contribution >= 4 is 23.6 Å². The van der Waals surface area contributed by atoms with Crippen molar-refractivity contribution in [3.8, 4) is 0 Å². The van der Waals surface area contributed by atoms with Gasteiger partial charge < -0.3 is 25.0 Å². The average Bonchev–Trinajstić information content (AvgIpc) is 2.60. The second kappa shape index (κ2) is 13.4. The number of aliphatic hydroxyl groups excluding tert-OH is 2. The van der Waals surface area contributed by atoms with E-state index in [1.165, 1.54) is 11.8 Å². The number of rotatable bonds is 14. The van der Waals surface area contributed by atoms with Gasteiger partial charge in [0.25, 0.3) is 0 Å². The molecule has 0 radical (unpaired) electrons. The first-order chi connectivity index (χ1) is 12.5. The quantitative estimate of drug-likeness (QED) is 0.230. The van der Waals surface area contributed by atoms with Gasteiger partial charge in [-0.2, -0.15) is 11.8 Å². The highest BCUT2D eigenvalue weighted by molar-refractivity contribution is 7.99. The number of esters is 1. The third-order valence-corrected chi connectivity index (χ3v) is 5.39. The van der Waals surface area contributed by atoms with Crippen molar-refractivity contribution < 1.29 is 29.3 Å². The van der Waals surface area contributed by atoms with Crippen LogP contribution in [0.25, 0.3) is 0 Å². The van der Waals surface area contributed by atoms with Gasteiger partial charge in [-0.3, -0.25) is 9.59 Å². The van der Waals surface area contributed by atoms with Gasteiger partial charge in [0.1, 0.15) is 12.7 Å². The maximum atomic E-state index is 11.8. The molecule has 0 aromatic carbocycles. The van der Waals surface area contributed by atoms with Crippen LogP contribution in [0.4, 0.5) is 0 Å². The van der Waals surface area contributed by atoms with Crippen molar-refractivity contribution in [3.63, 3.8) is 0 Å². The van der Waals surface area contributed by atoms with Gasteiger partial charge in [-0.1, -0.05) is 27.7 Å². The Morgan fingerprint density at radius 3 is 2.33 bits per heavy atom. The SMILES string of the molecule is CCC(C)(C)C(O)OCC(O)COC(=O)CCSCC(C)C(=O)NC(C)C. The molecule has 27 heavy (non-hydrogen) atoms. The van der Waals surface area contributed by atoms with Crippen LogP contribution in [-0.4, -0.2) is 65.2 Å². The first kappa shape index (κ1) is 26.2. The monoisotopic (exact) mass is 407 g/mol. The van der Waals surface area contributed by atoms with E-state index in [0.29, 0.717) is 11.5 Å². The molecule has 0 fully saturated rings. The van der Waals surface area contributed by atoms with Crippen molar-refractivity contribution in [2.24, 2.45) is 11.3 Å². The molecular formula is C19H37NO6S. The zero-order chi connectivity index (χ0) is 21.0. The summed E-state index contributed by atoms with van der Waals surface area (Å²) < 4.78 is 10.3. The minimum atomic E-state index is -0.987. The van der Waals surface area contributed by atoms with E-state index in [1.54, 1.807) is 0 Å². The number of carbonyl (C=O) groups excluding carboxylic acids is 2. The molecule has 1 amide bonds. The van der Waals surface area contributed by atoms with Gasteiger partial charge in [-0.25, -0.2) is 0 Å². The van der Waals surface area contributed by atoms with Gasteiger partial charge >= 0.3 is 5.97 Å². The second-order valence-electron chi connectivity index (χ2n) is 7.75. The van der Waals surface area contributed by atoms with E-state index in [-0.39, 0.29) is 37.5 Å². The molecule has 3 unspecified atom stereocenters. The number of thioether (sulfide) groups is 1. The van der Waals surface area contributed by atoms with Crippen molar-refractivity contribution in [2.75, 3.05) is 24.7 Å². The molecule has 0 aromatic rings. The summed E-state index contributed by atoms with van der Waals surface area (Å²) >= 11 is 1.52. The van der Waals surface area contributed by atoms with Crippen molar-refractivity contribution in [1.29, 1.82) is 0 Å². The maximum absolute atomic E-state index is 11.8. The number of nitrogens with one attached hydrogen (secondary N) is 1. The highest BCUT2D eigenvalue weighted by Crippen LogP contribution is 2.25. The third-order valence-electron chi connectivity index (χ3n) is 4.16. The lowest BCUT2D eigenvalue weighted by Crippen LogP contribution is -2.35. The summed E-state index contributed by atoms with van der Waals surface area (Å²) in [5.74, 6) is 0.666. The van der Waals surface area contributed by atoms with Gasteiger partial charge in [0.15, 0.2) is 6.29 Å². The van der Waals surface area contributed by atoms with E-state index >= 15 is 0 Å². The normalized spacial score (nSPS) is 15.3. The Bertz CT molecular complexity index is 444. The third kappa shape index (κ3) is 12.3. The molecule has 7 nitrogen and oxygen atoms in total. The summed E-state index contributed by atoms with van der Waals surface area (Å²) in [6.45, 7) is 11.1. The lowest BCUT2D eigenvalue weighted by atomic mass is 9.89. The number of hydrogen-bond donors (Lipinski definition) is 3. The van der Waals surface area contributed by atoms with Crippen LogP contribution in [0, 0.1) is 11.3 Å².